The first-order valence-electron chi connectivity index (χ1n) is 25.0. The standard InChI is InChI=1S/3C21H23N.Ru/c3*1-2-3-4-5-8-17-11-13-19(14-12-17)21-16-15-18-9-6-7-10-20(18)22-21;/h3*6-7,9-16H,2-5,8H2,1H3;. The fourth-order valence-corrected chi connectivity index (χ4v) is 8.47. The quantitative estimate of drug-likeness (QED) is 0.0635. The SMILES string of the molecule is CCCCCCc1ccc(-c2ccc3ccccc3n2)cc1.CCCCCCc1ccc(-c2ccc3ccccc3n2)cc1.CCCCCCc1ccc(-c2ccc3ccccc3n2)cc1.[Ru]. The molecule has 0 N–H and O–H groups in total. The molecule has 0 aliphatic heterocycles. The molecule has 0 bridgehead atoms. The molecule has 9 aromatic rings. The number of rotatable bonds is 18. The van der Waals surface area contributed by atoms with E-state index in [0.717, 1.165) is 33.6 Å². The molecule has 0 unspecified atom stereocenters. The van der Waals surface area contributed by atoms with Crippen LogP contribution in [0.15, 0.2) is 182 Å². The number of aryl methyl sites for hydroxylation is 3. The molecule has 0 saturated carbocycles. The molecular weight excluding hydrogens is 900 g/mol. The molecule has 4 heteroatoms. The van der Waals surface area contributed by atoms with E-state index in [-0.39, 0.29) is 19.5 Å². The fraction of sp³-hybridized carbons (Fsp3) is 0.286. The maximum absolute atomic E-state index is 4.76. The molecule has 6 aromatic carbocycles. The summed E-state index contributed by atoms with van der Waals surface area (Å²) < 4.78 is 0. The first-order valence-corrected chi connectivity index (χ1v) is 25.0. The van der Waals surface area contributed by atoms with Crippen LogP contribution in [0, 0.1) is 0 Å². The zero-order valence-corrected chi connectivity index (χ0v) is 41.9. The van der Waals surface area contributed by atoms with Crippen LogP contribution in [0.25, 0.3) is 66.5 Å². The van der Waals surface area contributed by atoms with E-state index in [0.29, 0.717) is 0 Å². The first-order chi connectivity index (χ1) is 32.6. The van der Waals surface area contributed by atoms with Crippen LogP contribution in [-0.2, 0) is 38.7 Å². The van der Waals surface area contributed by atoms with Crippen LogP contribution in [0.5, 0.6) is 0 Å². The van der Waals surface area contributed by atoms with Gasteiger partial charge in [-0.3, -0.25) is 0 Å². The Morgan fingerprint density at radius 1 is 0.269 bits per heavy atom. The molecule has 3 nitrogen and oxygen atoms in total. The van der Waals surface area contributed by atoms with Crippen molar-refractivity contribution in [2.24, 2.45) is 0 Å². The largest absolute Gasteiger partial charge is 0.248 e. The van der Waals surface area contributed by atoms with Gasteiger partial charge in [-0.15, -0.1) is 0 Å². The summed E-state index contributed by atoms with van der Waals surface area (Å²) >= 11 is 0. The summed E-state index contributed by atoms with van der Waals surface area (Å²) in [5.74, 6) is 0. The van der Waals surface area contributed by atoms with Crippen LogP contribution in [0.1, 0.15) is 115 Å². The van der Waals surface area contributed by atoms with Gasteiger partial charge in [0.15, 0.2) is 0 Å². The zero-order valence-electron chi connectivity index (χ0n) is 40.1. The molecular formula is C63H69N3Ru. The van der Waals surface area contributed by atoms with E-state index in [1.165, 1.54) is 146 Å². The van der Waals surface area contributed by atoms with Gasteiger partial charge < -0.3 is 0 Å². The Hall–Kier alpha value is -5.83. The van der Waals surface area contributed by atoms with Crippen molar-refractivity contribution in [3.05, 3.63) is 199 Å². The van der Waals surface area contributed by atoms with Gasteiger partial charge in [-0.2, -0.15) is 0 Å². The van der Waals surface area contributed by atoms with Crippen molar-refractivity contribution in [1.82, 2.24) is 15.0 Å². The molecule has 0 radical (unpaired) electrons. The topological polar surface area (TPSA) is 38.7 Å². The van der Waals surface area contributed by atoms with Crippen LogP contribution in [0.2, 0.25) is 0 Å². The first kappa shape index (κ1) is 50.6. The molecule has 0 spiro atoms. The van der Waals surface area contributed by atoms with Crippen LogP contribution in [0.3, 0.4) is 0 Å². The number of hydrogen-bond acceptors (Lipinski definition) is 3. The normalized spacial score (nSPS) is 10.8. The van der Waals surface area contributed by atoms with Crippen LogP contribution in [-0.4, -0.2) is 15.0 Å². The fourth-order valence-electron chi connectivity index (χ4n) is 8.47. The molecule has 0 saturated heterocycles. The smallest absolute Gasteiger partial charge is 0.0709 e. The average Bonchev–Trinajstić information content (AvgIpc) is 3.38. The molecule has 0 aliphatic rings. The van der Waals surface area contributed by atoms with E-state index < -0.39 is 0 Å². The molecule has 0 atom stereocenters. The Kier molecular flexibility index (Phi) is 20.9. The Balaban J connectivity index is 0.000000165. The van der Waals surface area contributed by atoms with Gasteiger partial charge in [-0.1, -0.05) is 224 Å². The minimum absolute atomic E-state index is 0. The van der Waals surface area contributed by atoms with Crippen molar-refractivity contribution in [3.8, 4) is 33.8 Å². The van der Waals surface area contributed by atoms with E-state index in [1.54, 1.807) is 0 Å². The third-order valence-corrected chi connectivity index (χ3v) is 12.5. The minimum Gasteiger partial charge on any atom is -0.248 e. The maximum Gasteiger partial charge on any atom is 0.0709 e. The molecule has 9 rings (SSSR count). The van der Waals surface area contributed by atoms with Gasteiger partial charge in [-0.25, -0.2) is 15.0 Å². The van der Waals surface area contributed by atoms with Crippen LogP contribution in [0.4, 0.5) is 0 Å². The van der Waals surface area contributed by atoms with E-state index in [9.17, 15) is 0 Å². The van der Waals surface area contributed by atoms with Crippen molar-refractivity contribution in [1.29, 1.82) is 0 Å². The Morgan fingerprint density at radius 2 is 0.537 bits per heavy atom. The number of nitrogens with zero attached hydrogens (tertiary/aromatic N) is 3. The van der Waals surface area contributed by atoms with E-state index in [2.05, 4.69) is 185 Å². The summed E-state index contributed by atoms with van der Waals surface area (Å²) in [6, 6.07) is 64.3. The molecule has 3 heterocycles. The van der Waals surface area contributed by atoms with E-state index in [1.807, 2.05) is 18.2 Å². The molecule has 0 aliphatic carbocycles. The van der Waals surface area contributed by atoms with Gasteiger partial charge in [0.05, 0.1) is 33.6 Å². The minimum atomic E-state index is 0. The maximum atomic E-state index is 4.76. The Labute approximate surface area is 414 Å². The second-order valence-corrected chi connectivity index (χ2v) is 17.7. The number of unbranched alkanes of at least 4 members (excludes halogenated alkanes) is 9. The van der Waals surface area contributed by atoms with Gasteiger partial charge in [0.25, 0.3) is 0 Å². The van der Waals surface area contributed by atoms with Crippen molar-refractivity contribution in [2.45, 2.75) is 117 Å². The molecule has 0 amide bonds. The Bertz CT molecular complexity index is 2500. The van der Waals surface area contributed by atoms with Gasteiger partial charge in [0.1, 0.15) is 0 Å². The van der Waals surface area contributed by atoms with Crippen LogP contribution >= 0.6 is 0 Å². The molecule has 0 fully saturated rings. The number of aromatic nitrogens is 3. The summed E-state index contributed by atoms with van der Waals surface area (Å²) in [6.07, 6.45) is 19.4. The van der Waals surface area contributed by atoms with Gasteiger partial charge in [0.2, 0.25) is 0 Å². The second kappa shape index (κ2) is 27.7. The number of pyridine rings is 3. The zero-order chi connectivity index (χ0) is 45.6. The molecule has 3 aromatic heterocycles. The van der Waals surface area contributed by atoms with Gasteiger partial charge >= 0.3 is 0 Å². The third-order valence-electron chi connectivity index (χ3n) is 12.5. The average molecular weight is 969 g/mol. The van der Waals surface area contributed by atoms with E-state index >= 15 is 0 Å². The number of fused-ring (bicyclic) bond motifs is 3. The van der Waals surface area contributed by atoms with Gasteiger partial charge in [-0.05, 0) is 91.6 Å². The van der Waals surface area contributed by atoms with E-state index in [4.69, 9.17) is 15.0 Å². The summed E-state index contributed by atoms with van der Waals surface area (Å²) in [5, 5.41) is 3.58. The molecule has 67 heavy (non-hydrogen) atoms. The number of hydrogen-bond donors (Lipinski definition) is 0. The monoisotopic (exact) mass is 969 g/mol. The van der Waals surface area contributed by atoms with Crippen molar-refractivity contribution in [2.75, 3.05) is 0 Å². The summed E-state index contributed by atoms with van der Waals surface area (Å²) in [7, 11) is 0. The summed E-state index contributed by atoms with van der Waals surface area (Å²) in [4.78, 5) is 14.3. The van der Waals surface area contributed by atoms with Crippen LogP contribution < -0.4 is 0 Å². The summed E-state index contributed by atoms with van der Waals surface area (Å²) in [5.41, 5.74) is 14.2. The number of benzene rings is 6. The summed E-state index contributed by atoms with van der Waals surface area (Å²) in [6.45, 7) is 6.77. The number of para-hydroxylation sites is 3. The van der Waals surface area contributed by atoms with Crippen molar-refractivity contribution in [3.63, 3.8) is 0 Å². The predicted octanol–water partition coefficient (Wildman–Crippen LogP) is 18.1. The molecule has 344 valence electrons. The van der Waals surface area contributed by atoms with Gasteiger partial charge in [0, 0.05) is 52.3 Å². The Morgan fingerprint density at radius 3 is 0.806 bits per heavy atom. The second-order valence-electron chi connectivity index (χ2n) is 17.7. The third kappa shape index (κ3) is 15.6. The predicted molar refractivity (Wildman–Crippen MR) is 285 cm³/mol. The van der Waals surface area contributed by atoms with Crippen molar-refractivity contribution < 1.29 is 19.5 Å². The van der Waals surface area contributed by atoms with Crippen molar-refractivity contribution >= 4 is 32.7 Å².